The molecule has 0 saturated carbocycles. The van der Waals surface area contributed by atoms with Crippen molar-refractivity contribution in [2.75, 3.05) is 11.5 Å². The molecular weight excluding hydrogens is 281 g/mol. The second-order valence-corrected chi connectivity index (χ2v) is 6.27. The molecule has 4 rings (SSSR count). The summed E-state index contributed by atoms with van der Waals surface area (Å²) in [5, 5.41) is 0. The van der Waals surface area contributed by atoms with E-state index in [0.29, 0.717) is 6.61 Å². The minimum absolute atomic E-state index is 0. The van der Waals surface area contributed by atoms with Gasteiger partial charge >= 0.3 is 18.9 Å². The van der Waals surface area contributed by atoms with E-state index in [4.69, 9.17) is 9.73 Å². The molecule has 0 amide bonds. The molecule has 0 N–H and O–H groups in total. The first kappa shape index (κ1) is 16.0. The molecule has 112 valence electrons. The van der Waals surface area contributed by atoms with Gasteiger partial charge in [-0.05, 0) is 44.2 Å². The van der Waals surface area contributed by atoms with Crippen LogP contribution in [0.5, 0.6) is 0 Å². The fourth-order valence-corrected chi connectivity index (χ4v) is 2.82. The van der Waals surface area contributed by atoms with Crippen LogP contribution in [0.2, 0.25) is 0 Å². The normalized spacial score (nSPS) is 21.3. The van der Waals surface area contributed by atoms with Crippen molar-refractivity contribution in [1.29, 1.82) is 0 Å². The molecule has 3 heterocycles. The Bertz CT molecular complexity index is 657. The van der Waals surface area contributed by atoms with Crippen LogP contribution in [0.1, 0.15) is 25.6 Å². The number of hydrogen-bond donors (Lipinski definition) is 0. The molecule has 0 unspecified atom stereocenters. The molecule has 1 saturated heterocycles. The van der Waals surface area contributed by atoms with Crippen molar-refractivity contribution in [3.05, 3.63) is 66.5 Å². The average Bonchev–Trinajstić information content (AvgIpc) is 3.19. The molecule has 0 spiro atoms. The number of benzene rings is 1. The number of nitrogens with zero attached hydrogens (tertiary/aromatic N) is 3. The molecule has 2 aliphatic heterocycles. The third-order valence-electron chi connectivity index (χ3n) is 3.90. The molecule has 1 aromatic carbocycles. The third kappa shape index (κ3) is 2.97. The summed E-state index contributed by atoms with van der Waals surface area (Å²) >= 11 is 0. The molecule has 2 aliphatic rings. The van der Waals surface area contributed by atoms with Crippen molar-refractivity contribution in [2.45, 2.75) is 25.4 Å². The van der Waals surface area contributed by atoms with Crippen LogP contribution < -0.4 is 23.8 Å². The summed E-state index contributed by atoms with van der Waals surface area (Å²) in [7, 11) is 0. The van der Waals surface area contributed by atoms with E-state index in [0.717, 1.165) is 23.3 Å². The van der Waals surface area contributed by atoms with E-state index in [2.05, 4.69) is 35.9 Å². The van der Waals surface area contributed by atoms with Gasteiger partial charge in [-0.3, -0.25) is 9.98 Å². The van der Waals surface area contributed by atoms with E-state index in [1.807, 2.05) is 42.6 Å². The van der Waals surface area contributed by atoms with Gasteiger partial charge in [0.2, 0.25) is 0 Å². The molecule has 2 aromatic rings. The Morgan fingerprint density at radius 1 is 1.13 bits per heavy atom. The monoisotopic (exact) mass is 299 g/mol. The van der Waals surface area contributed by atoms with Crippen molar-refractivity contribution >= 4 is 11.6 Å². The molecule has 0 aliphatic carbocycles. The Morgan fingerprint density at radius 3 is 2.48 bits per heavy atom. The third-order valence-corrected chi connectivity index (χ3v) is 3.90. The van der Waals surface area contributed by atoms with Gasteiger partial charge in [-0.25, -0.2) is 0 Å². The Labute approximate surface area is 148 Å². The van der Waals surface area contributed by atoms with Gasteiger partial charge in [-0.15, -0.1) is 0 Å². The number of rotatable bonds is 3. The van der Waals surface area contributed by atoms with Gasteiger partial charge in [0.25, 0.3) is 0 Å². The van der Waals surface area contributed by atoms with E-state index in [1.54, 1.807) is 0 Å². The van der Waals surface area contributed by atoms with Crippen molar-refractivity contribution in [3.8, 4) is 0 Å². The van der Waals surface area contributed by atoms with Gasteiger partial charge in [0, 0.05) is 17.6 Å². The summed E-state index contributed by atoms with van der Waals surface area (Å²) in [6.07, 6.45) is 1.83. The van der Waals surface area contributed by atoms with E-state index in [-0.39, 0.29) is 30.4 Å². The molecule has 5 heteroatoms. The zero-order valence-electron chi connectivity index (χ0n) is 13.7. The standard InChI is InChI=1S/C18H18N3O.Li/c1-18(2)12-22-17(20-18)16-15(14-10-6-7-11-19-14)21(16)13-8-4-3-5-9-13;/h3-11,15H,12H2,1-2H3;/q-1;+1/t15-,21?;/m0./s1. The van der Waals surface area contributed by atoms with E-state index >= 15 is 0 Å². The van der Waals surface area contributed by atoms with Crippen molar-refractivity contribution in [1.82, 2.24) is 4.98 Å². The molecule has 4 nitrogen and oxygen atoms in total. The van der Waals surface area contributed by atoms with Crippen LogP contribution in [0, 0.1) is 6.04 Å². The Hall–Kier alpha value is -1.89. The Kier molecular flexibility index (Phi) is 4.14. The fraction of sp³-hybridized carbons (Fsp3) is 0.278. The molecule has 0 radical (unpaired) electrons. The largest absolute Gasteiger partial charge is 1.00 e. The molecule has 1 aromatic heterocycles. The number of hydrogen-bond acceptors (Lipinski definition) is 4. The van der Waals surface area contributed by atoms with Gasteiger partial charge in [-0.2, -0.15) is 6.04 Å². The second kappa shape index (κ2) is 5.96. The molecule has 23 heavy (non-hydrogen) atoms. The topological polar surface area (TPSA) is 37.5 Å². The van der Waals surface area contributed by atoms with Crippen LogP contribution in [-0.2, 0) is 4.74 Å². The maximum Gasteiger partial charge on any atom is 1.00 e. The van der Waals surface area contributed by atoms with Crippen LogP contribution in [0.15, 0.2) is 59.7 Å². The number of ether oxygens (including phenoxy) is 1. The smallest absolute Gasteiger partial charge is 0.507 e. The maximum atomic E-state index is 5.84. The van der Waals surface area contributed by atoms with Gasteiger partial charge in [0.1, 0.15) is 6.61 Å². The molecule has 0 bridgehead atoms. The van der Waals surface area contributed by atoms with Crippen molar-refractivity contribution in [2.24, 2.45) is 4.99 Å². The van der Waals surface area contributed by atoms with Crippen LogP contribution in [0.4, 0.5) is 5.69 Å². The number of para-hydroxylation sites is 1. The predicted molar refractivity (Wildman–Crippen MR) is 86.6 cm³/mol. The summed E-state index contributed by atoms with van der Waals surface area (Å²) < 4.78 is 5.84. The Morgan fingerprint density at radius 2 is 1.87 bits per heavy atom. The zero-order valence-corrected chi connectivity index (χ0v) is 13.7. The molecular formula is C18H18LiN3O. The molecule has 1 atom stereocenters. The minimum Gasteiger partial charge on any atom is -0.507 e. The number of aliphatic imine (C=N–C) groups is 1. The first-order valence-electron chi connectivity index (χ1n) is 7.51. The van der Waals surface area contributed by atoms with Crippen LogP contribution in [0.25, 0.3) is 0 Å². The van der Waals surface area contributed by atoms with Gasteiger partial charge in [0.05, 0.1) is 11.4 Å². The van der Waals surface area contributed by atoms with E-state index < -0.39 is 0 Å². The van der Waals surface area contributed by atoms with E-state index in [1.165, 1.54) is 0 Å². The number of pyridine rings is 1. The quantitative estimate of drug-likeness (QED) is 0.467. The zero-order chi connectivity index (χ0) is 15.2. The van der Waals surface area contributed by atoms with Gasteiger partial charge in [-0.1, -0.05) is 24.3 Å². The number of anilines is 1. The van der Waals surface area contributed by atoms with E-state index in [9.17, 15) is 0 Å². The van der Waals surface area contributed by atoms with Crippen LogP contribution >= 0.6 is 0 Å². The summed E-state index contributed by atoms with van der Waals surface area (Å²) in [6.45, 7) is 4.81. The fourth-order valence-electron chi connectivity index (χ4n) is 2.82. The van der Waals surface area contributed by atoms with Crippen LogP contribution in [-0.4, -0.2) is 23.0 Å². The SMILES string of the molecule is CC1(C)COC([C-]2[C@H](c3ccccn3)N2c2ccccc2)=N1.[Li+]. The minimum atomic E-state index is -0.151. The first-order chi connectivity index (χ1) is 10.7. The van der Waals surface area contributed by atoms with Gasteiger partial charge < -0.3 is 9.64 Å². The summed E-state index contributed by atoms with van der Waals surface area (Å²) in [5.41, 5.74) is 2.02. The maximum absolute atomic E-state index is 5.84. The summed E-state index contributed by atoms with van der Waals surface area (Å²) in [4.78, 5) is 11.5. The van der Waals surface area contributed by atoms with Gasteiger partial charge in [0.15, 0.2) is 0 Å². The Balaban J connectivity index is 0.00000156. The second-order valence-electron chi connectivity index (χ2n) is 6.27. The van der Waals surface area contributed by atoms with Crippen molar-refractivity contribution < 1.29 is 23.6 Å². The summed E-state index contributed by atoms with van der Waals surface area (Å²) in [5.74, 6) is 0.754. The molecule has 1 fully saturated rings. The average molecular weight is 299 g/mol. The van der Waals surface area contributed by atoms with Crippen LogP contribution in [0.3, 0.4) is 0 Å². The number of aromatic nitrogens is 1. The summed E-state index contributed by atoms with van der Waals surface area (Å²) in [6, 6.07) is 17.5. The van der Waals surface area contributed by atoms with Crippen molar-refractivity contribution in [3.63, 3.8) is 0 Å². The first-order valence-corrected chi connectivity index (χ1v) is 7.51. The predicted octanol–water partition coefficient (Wildman–Crippen LogP) is 0.386.